The van der Waals surface area contributed by atoms with E-state index in [0.29, 0.717) is 16.9 Å². The minimum Gasteiger partial charge on any atom is -0.494 e. The van der Waals surface area contributed by atoms with Gasteiger partial charge in [-0.2, -0.15) is 10.4 Å². The number of rotatable bonds is 6. The highest BCUT2D eigenvalue weighted by molar-refractivity contribution is 5.94. The molecule has 3 aromatic heterocycles. The van der Waals surface area contributed by atoms with Gasteiger partial charge in [0.25, 0.3) is 0 Å². The van der Waals surface area contributed by atoms with E-state index < -0.39 is 23.3 Å². The van der Waals surface area contributed by atoms with Crippen molar-refractivity contribution in [3.8, 4) is 17.5 Å². The number of hydrogen-bond donors (Lipinski definition) is 2. The molecule has 4 aromatic rings. The second-order valence-corrected chi connectivity index (χ2v) is 9.39. The van der Waals surface area contributed by atoms with Gasteiger partial charge in [0.05, 0.1) is 37.0 Å². The molecule has 1 aromatic carbocycles. The number of carboxylic acids is 1. The maximum atomic E-state index is 14.3. The van der Waals surface area contributed by atoms with Crippen LogP contribution in [0.4, 0.5) is 4.39 Å². The zero-order valence-corrected chi connectivity index (χ0v) is 19.5. The normalized spacial score (nSPS) is 18.3. The number of pyridine rings is 1. The second kappa shape index (κ2) is 8.36. The molecule has 2 atom stereocenters. The summed E-state index contributed by atoms with van der Waals surface area (Å²) in [6, 6.07) is 8.81. The Balaban J connectivity index is 1.89. The highest BCUT2D eigenvalue weighted by Gasteiger charge is 2.40. The number of benzene rings is 1. The van der Waals surface area contributed by atoms with Crippen LogP contribution in [-0.2, 0) is 14.9 Å². The number of carbonyl (C=O) groups is 1. The molecule has 0 unspecified atom stereocenters. The summed E-state index contributed by atoms with van der Waals surface area (Å²) in [4.78, 5) is 16.5. The highest BCUT2D eigenvalue weighted by atomic mass is 19.1. The third-order valence-corrected chi connectivity index (χ3v) is 6.62. The van der Waals surface area contributed by atoms with Gasteiger partial charge < -0.3 is 19.1 Å². The molecule has 1 aliphatic rings. The number of carboxylic acid groups (broad SMARTS) is 1. The molecule has 0 bridgehead atoms. The predicted octanol–water partition coefficient (Wildman–Crippen LogP) is 4.20. The SMILES string of the molecule is COc1cc(-n2c(C(C)(C)CC#N)c([C@H]3CO[C@H](C(=O)O)C3)c3nc4[nH]ncc4cc32)ccc1F. The molecule has 0 radical (unpaired) electrons. The van der Waals surface area contributed by atoms with Crippen LogP contribution < -0.4 is 4.74 Å². The minimum absolute atomic E-state index is 0.0856. The van der Waals surface area contributed by atoms with E-state index in [1.165, 1.54) is 13.2 Å². The molecule has 1 saturated heterocycles. The van der Waals surface area contributed by atoms with E-state index in [4.69, 9.17) is 14.5 Å². The zero-order chi connectivity index (χ0) is 24.9. The summed E-state index contributed by atoms with van der Waals surface area (Å²) in [5.41, 5.74) is 3.59. The molecule has 180 valence electrons. The van der Waals surface area contributed by atoms with Crippen LogP contribution >= 0.6 is 0 Å². The molecule has 0 saturated carbocycles. The lowest BCUT2D eigenvalue weighted by Crippen LogP contribution is -2.24. The largest absolute Gasteiger partial charge is 0.494 e. The van der Waals surface area contributed by atoms with E-state index in [9.17, 15) is 19.6 Å². The molecule has 1 aliphatic heterocycles. The number of ether oxygens (including phenoxy) is 2. The van der Waals surface area contributed by atoms with E-state index in [1.807, 2.05) is 24.5 Å². The first-order valence-corrected chi connectivity index (χ1v) is 11.2. The van der Waals surface area contributed by atoms with Crippen molar-refractivity contribution in [1.29, 1.82) is 5.26 Å². The molecule has 2 N–H and O–H groups in total. The fraction of sp³-hybridized carbons (Fsp3) is 0.360. The number of hydrogen-bond acceptors (Lipinski definition) is 6. The van der Waals surface area contributed by atoms with Gasteiger partial charge in [0, 0.05) is 46.2 Å². The van der Waals surface area contributed by atoms with Crippen LogP contribution in [0.2, 0.25) is 0 Å². The summed E-state index contributed by atoms with van der Waals surface area (Å²) in [7, 11) is 1.40. The van der Waals surface area contributed by atoms with Crippen LogP contribution in [0.3, 0.4) is 0 Å². The monoisotopic (exact) mass is 477 g/mol. The Morgan fingerprint density at radius 2 is 2.23 bits per heavy atom. The topological polar surface area (TPSA) is 126 Å². The number of nitriles is 1. The molecule has 0 amide bonds. The average Bonchev–Trinajstić information content (AvgIpc) is 3.54. The molecular weight excluding hydrogens is 453 g/mol. The van der Waals surface area contributed by atoms with Crippen LogP contribution in [0.15, 0.2) is 30.5 Å². The first-order valence-electron chi connectivity index (χ1n) is 11.2. The van der Waals surface area contributed by atoms with E-state index >= 15 is 0 Å². The Hall–Kier alpha value is -3.97. The number of nitrogens with one attached hydrogen (secondary N) is 1. The van der Waals surface area contributed by atoms with Crippen LogP contribution in [0, 0.1) is 17.1 Å². The van der Waals surface area contributed by atoms with Gasteiger partial charge in [-0.05, 0) is 24.6 Å². The number of aromatic amines is 1. The van der Waals surface area contributed by atoms with Crippen molar-refractivity contribution in [2.75, 3.05) is 13.7 Å². The lowest BCUT2D eigenvalue weighted by atomic mass is 9.80. The number of H-pyrrole nitrogens is 1. The number of aliphatic carboxylic acids is 1. The van der Waals surface area contributed by atoms with Gasteiger partial charge >= 0.3 is 5.97 Å². The number of aromatic nitrogens is 4. The van der Waals surface area contributed by atoms with Gasteiger partial charge in [0.15, 0.2) is 23.3 Å². The van der Waals surface area contributed by atoms with Crippen molar-refractivity contribution in [2.45, 2.75) is 44.1 Å². The first-order chi connectivity index (χ1) is 16.7. The zero-order valence-electron chi connectivity index (χ0n) is 19.5. The van der Waals surface area contributed by atoms with Gasteiger partial charge in [-0.15, -0.1) is 0 Å². The fourth-order valence-electron chi connectivity index (χ4n) is 4.98. The summed E-state index contributed by atoms with van der Waals surface area (Å²) in [5, 5.41) is 27.0. The van der Waals surface area contributed by atoms with Crippen LogP contribution in [-0.4, -0.2) is 50.6 Å². The average molecular weight is 477 g/mol. The van der Waals surface area contributed by atoms with Gasteiger partial charge in [-0.1, -0.05) is 13.8 Å². The third kappa shape index (κ3) is 3.68. The summed E-state index contributed by atoms with van der Waals surface area (Å²) in [6.45, 7) is 4.13. The predicted molar refractivity (Wildman–Crippen MR) is 125 cm³/mol. The Morgan fingerprint density at radius 1 is 1.43 bits per heavy atom. The van der Waals surface area contributed by atoms with E-state index in [2.05, 4.69) is 16.3 Å². The summed E-state index contributed by atoms with van der Waals surface area (Å²) in [5.74, 6) is -1.68. The van der Waals surface area contributed by atoms with Gasteiger partial charge in [-0.25, -0.2) is 14.2 Å². The Morgan fingerprint density at radius 3 is 2.91 bits per heavy atom. The van der Waals surface area contributed by atoms with Crippen LogP contribution in [0.25, 0.3) is 27.8 Å². The number of methoxy groups -OCH3 is 1. The second-order valence-electron chi connectivity index (χ2n) is 9.39. The summed E-state index contributed by atoms with van der Waals surface area (Å²) in [6.07, 6.45) is 1.22. The highest BCUT2D eigenvalue weighted by Crippen LogP contribution is 2.45. The standard InChI is InChI=1S/C25H24FN5O4/c1-25(2,6-7-27)22-20(14-9-19(24(32)33)35-12-14)21-17(8-13-11-28-30-23(13)29-21)31(22)15-4-5-16(26)18(10-15)34-3/h4-5,8,10-11,14,19H,6,9,12H2,1-3H3,(H,32,33)(H,28,29,30)/t14-,19+/m1/s1. The van der Waals surface area contributed by atoms with Crippen molar-refractivity contribution in [3.63, 3.8) is 0 Å². The smallest absolute Gasteiger partial charge is 0.332 e. The van der Waals surface area contributed by atoms with Crippen molar-refractivity contribution < 1.29 is 23.8 Å². The van der Waals surface area contributed by atoms with Gasteiger partial charge in [0.1, 0.15) is 0 Å². The van der Waals surface area contributed by atoms with Crippen molar-refractivity contribution in [3.05, 3.63) is 47.5 Å². The maximum Gasteiger partial charge on any atom is 0.332 e. The fourth-order valence-corrected chi connectivity index (χ4v) is 4.98. The Bertz CT molecular complexity index is 1500. The third-order valence-electron chi connectivity index (χ3n) is 6.62. The molecule has 5 rings (SSSR count). The quantitative estimate of drug-likeness (QED) is 0.426. The van der Waals surface area contributed by atoms with Crippen molar-refractivity contribution in [2.24, 2.45) is 0 Å². The lowest BCUT2D eigenvalue weighted by Gasteiger charge is -2.27. The van der Waals surface area contributed by atoms with E-state index in [0.717, 1.165) is 22.2 Å². The molecule has 0 spiro atoms. The van der Waals surface area contributed by atoms with E-state index in [1.54, 1.807) is 18.3 Å². The molecule has 10 heteroatoms. The molecule has 1 fully saturated rings. The van der Waals surface area contributed by atoms with Crippen molar-refractivity contribution in [1.82, 2.24) is 19.7 Å². The van der Waals surface area contributed by atoms with Crippen LogP contribution in [0.1, 0.15) is 43.9 Å². The summed E-state index contributed by atoms with van der Waals surface area (Å²) < 4.78 is 27.1. The van der Waals surface area contributed by atoms with Crippen LogP contribution in [0.5, 0.6) is 5.75 Å². The lowest BCUT2D eigenvalue weighted by molar-refractivity contribution is -0.147. The molecular formula is C25H24FN5O4. The molecule has 9 nitrogen and oxygen atoms in total. The minimum atomic E-state index is -1.01. The number of halogens is 1. The van der Waals surface area contributed by atoms with Gasteiger partial charge in [-0.3, -0.25) is 5.10 Å². The molecule has 35 heavy (non-hydrogen) atoms. The first kappa shape index (κ1) is 22.8. The Labute approximate surface area is 200 Å². The van der Waals surface area contributed by atoms with E-state index in [-0.39, 0.29) is 31.1 Å². The number of nitrogens with zero attached hydrogens (tertiary/aromatic N) is 4. The molecule has 4 heterocycles. The molecule has 0 aliphatic carbocycles. The summed E-state index contributed by atoms with van der Waals surface area (Å²) >= 11 is 0. The van der Waals surface area contributed by atoms with Gasteiger partial charge in [0.2, 0.25) is 0 Å². The van der Waals surface area contributed by atoms with Crippen molar-refractivity contribution >= 4 is 28.0 Å². The number of fused-ring (bicyclic) bond motifs is 2. The maximum absolute atomic E-state index is 14.3. The Kier molecular flexibility index (Phi) is 5.44.